The SMILES string of the molecule is CC(C)(C)NC(=O)OC1SCN(c2ccc3c(c2)OC(F)(F)O3)C1=O. The molecule has 2 heterocycles. The Kier molecular flexibility index (Phi) is 4.18. The molecule has 10 heteroatoms. The lowest BCUT2D eigenvalue weighted by atomic mass is 10.1. The molecule has 1 N–H and O–H groups in total. The first-order chi connectivity index (χ1) is 11.5. The molecule has 3 rings (SSSR count). The molecule has 2 amide bonds. The van der Waals surface area contributed by atoms with E-state index < -0.39 is 29.3 Å². The van der Waals surface area contributed by atoms with Crippen LogP contribution >= 0.6 is 11.8 Å². The second-order valence-electron chi connectivity index (χ2n) is 6.47. The Morgan fingerprint density at radius 3 is 2.72 bits per heavy atom. The van der Waals surface area contributed by atoms with Crippen LogP contribution in [0, 0.1) is 0 Å². The monoisotopic (exact) mass is 374 g/mol. The van der Waals surface area contributed by atoms with Crippen molar-refractivity contribution < 1.29 is 32.6 Å². The average molecular weight is 374 g/mol. The second kappa shape index (κ2) is 5.94. The number of rotatable bonds is 2. The number of benzene rings is 1. The first-order valence-corrected chi connectivity index (χ1v) is 8.41. The van der Waals surface area contributed by atoms with E-state index in [1.807, 2.05) is 0 Å². The lowest BCUT2D eigenvalue weighted by molar-refractivity contribution is -0.286. The molecule has 1 aromatic carbocycles. The van der Waals surface area contributed by atoms with E-state index in [1.165, 1.54) is 23.1 Å². The van der Waals surface area contributed by atoms with E-state index in [9.17, 15) is 18.4 Å². The van der Waals surface area contributed by atoms with Gasteiger partial charge in [-0.25, -0.2) is 4.79 Å². The molecule has 136 valence electrons. The third-order valence-corrected chi connectivity index (χ3v) is 4.22. The molecular formula is C15H16F2N2O5S. The normalized spacial score (nSPS) is 21.4. The number of hydrogen-bond acceptors (Lipinski definition) is 6. The van der Waals surface area contributed by atoms with E-state index in [-0.39, 0.29) is 17.4 Å². The molecule has 0 radical (unpaired) electrons. The van der Waals surface area contributed by atoms with E-state index >= 15 is 0 Å². The number of hydrogen-bond donors (Lipinski definition) is 1. The number of halogens is 2. The number of nitrogens with zero attached hydrogens (tertiary/aromatic N) is 1. The van der Waals surface area contributed by atoms with Crippen molar-refractivity contribution in [2.45, 2.75) is 38.0 Å². The molecule has 0 bridgehead atoms. The Morgan fingerprint density at radius 1 is 1.36 bits per heavy atom. The molecule has 0 aromatic heterocycles. The number of amides is 2. The van der Waals surface area contributed by atoms with Crippen molar-refractivity contribution in [1.29, 1.82) is 0 Å². The van der Waals surface area contributed by atoms with Crippen molar-refractivity contribution in [2.75, 3.05) is 10.8 Å². The zero-order chi connectivity index (χ0) is 18.4. The average Bonchev–Trinajstić information content (AvgIpc) is 2.95. The van der Waals surface area contributed by atoms with Crippen molar-refractivity contribution in [3.8, 4) is 11.5 Å². The lowest BCUT2D eigenvalue weighted by Gasteiger charge is -2.21. The van der Waals surface area contributed by atoms with Gasteiger partial charge in [-0.1, -0.05) is 11.8 Å². The number of alkyl carbamates (subject to hydrolysis) is 1. The van der Waals surface area contributed by atoms with Gasteiger partial charge in [0.1, 0.15) is 0 Å². The lowest BCUT2D eigenvalue weighted by Crippen LogP contribution is -2.43. The van der Waals surface area contributed by atoms with E-state index in [2.05, 4.69) is 14.8 Å². The second-order valence-corrected chi connectivity index (χ2v) is 7.49. The number of alkyl halides is 2. The first-order valence-electron chi connectivity index (χ1n) is 7.36. The highest BCUT2D eigenvalue weighted by molar-refractivity contribution is 8.01. The molecule has 1 saturated heterocycles. The van der Waals surface area contributed by atoms with E-state index in [4.69, 9.17) is 4.74 Å². The van der Waals surface area contributed by atoms with Crippen LogP contribution in [0.25, 0.3) is 0 Å². The molecule has 7 nitrogen and oxygen atoms in total. The van der Waals surface area contributed by atoms with Crippen LogP contribution in [0.1, 0.15) is 20.8 Å². The molecule has 1 aromatic rings. The topological polar surface area (TPSA) is 77.1 Å². The summed E-state index contributed by atoms with van der Waals surface area (Å²) in [5.74, 6) is -0.511. The molecular weight excluding hydrogens is 358 g/mol. The summed E-state index contributed by atoms with van der Waals surface area (Å²) in [6.45, 7) is 5.35. The van der Waals surface area contributed by atoms with Crippen LogP contribution in [0.5, 0.6) is 11.5 Å². The summed E-state index contributed by atoms with van der Waals surface area (Å²) < 4.78 is 40.0. The van der Waals surface area contributed by atoms with E-state index in [0.717, 1.165) is 11.8 Å². The van der Waals surface area contributed by atoms with Gasteiger partial charge in [0.15, 0.2) is 11.5 Å². The predicted octanol–water partition coefficient (Wildman–Crippen LogP) is 2.90. The van der Waals surface area contributed by atoms with Gasteiger partial charge in [0.25, 0.3) is 5.91 Å². The van der Waals surface area contributed by atoms with Gasteiger partial charge in [0, 0.05) is 17.3 Å². The van der Waals surface area contributed by atoms with Crippen LogP contribution in [0.4, 0.5) is 19.3 Å². The van der Waals surface area contributed by atoms with Gasteiger partial charge in [-0.15, -0.1) is 8.78 Å². The Hall–Kier alpha value is -2.23. The first kappa shape index (κ1) is 17.6. The summed E-state index contributed by atoms with van der Waals surface area (Å²) in [6.07, 6.45) is -4.42. The summed E-state index contributed by atoms with van der Waals surface area (Å²) >= 11 is 1.11. The number of carbonyl (C=O) groups excluding carboxylic acids is 2. The fourth-order valence-corrected chi connectivity index (χ4v) is 3.22. The van der Waals surface area contributed by atoms with Crippen LogP contribution in [0.15, 0.2) is 18.2 Å². The van der Waals surface area contributed by atoms with Crippen molar-refractivity contribution in [3.05, 3.63) is 18.2 Å². The number of nitrogens with one attached hydrogen (secondary N) is 1. The molecule has 0 aliphatic carbocycles. The van der Waals surface area contributed by atoms with Gasteiger partial charge in [0.05, 0.1) is 5.88 Å². The minimum absolute atomic E-state index is 0.106. The number of ether oxygens (including phenoxy) is 3. The number of thioether (sulfide) groups is 1. The van der Waals surface area contributed by atoms with Crippen molar-refractivity contribution >= 4 is 29.4 Å². The zero-order valence-corrected chi connectivity index (χ0v) is 14.5. The summed E-state index contributed by atoms with van der Waals surface area (Å²) in [6, 6.07) is 4.04. The molecule has 0 spiro atoms. The highest BCUT2D eigenvalue weighted by Crippen LogP contribution is 2.43. The van der Waals surface area contributed by atoms with E-state index in [1.54, 1.807) is 20.8 Å². The maximum absolute atomic E-state index is 13.1. The number of carbonyl (C=O) groups is 2. The van der Waals surface area contributed by atoms with Crippen LogP contribution in [-0.4, -0.2) is 35.1 Å². The molecule has 1 unspecified atom stereocenters. The number of fused-ring (bicyclic) bond motifs is 1. The largest absolute Gasteiger partial charge is 0.586 e. The summed E-state index contributed by atoms with van der Waals surface area (Å²) in [5.41, 5.74) is -1.15. The van der Waals surface area contributed by atoms with Crippen LogP contribution < -0.4 is 19.7 Å². The minimum Gasteiger partial charge on any atom is -0.425 e. The van der Waals surface area contributed by atoms with E-state index in [0.29, 0.717) is 5.69 Å². The highest BCUT2D eigenvalue weighted by Gasteiger charge is 2.44. The fraction of sp³-hybridized carbons (Fsp3) is 0.467. The van der Waals surface area contributed by atoms with Gasteiger partial charge in [-0.05, 0) is 32.9 Å². The smallest absolute Gasteiger partial charge is 0.425 e. The Morgan fingerprint density at radius 2 is 2.04 bits per heavy atom. The Balaban J connectivity index is 1.68. The van der Waals surface area contributed by atoms with Crippen molar-refractivity contribution in [1.82, 2.24) is 5.32 Å². The highest BCUT2D eigenvalue weighted by atomic mass is 32.2. The summed E-state index contributed by atoms with van der Waals surface area (Å²) in [4.78, 5) is 25.5. The van der Waals surface area contributed by atoms with Crippen molar-refractivity contribution in [3.63, 3.8) is 0 Å². The van der Waals surface area contributed by atoms with Gasteiger partial charge in [-0.3, -0.25) is 9.69 Å². The Bertz CT molecular complexity index is 722. The van der Waals surface area contributed by atoms with Gasteiger partial charge < -0.3 is 19.5 Å². The van der Waals surface area contributed by atoms with Crippen molar-refractivity contribution in [2.24, 2.45) is 0 Å². The molecule has 2 aliphatic rings. The molecule has 2 aliphatic heterocycles. The molecule has 0 saturated carbocycles. The fourth-order valence-electron chi connectivity index (χ4n) is 2.23. The zero-order valence-electron chi connectivity index (χ0n) is 13.7. The van der Waals surface area contributed by atoms with Gasteiger partial charge in [0.2, 0.25) is 5.44 Å². The van der Waals surface area contributed by atoms with Gasteiger partial charge >= 0.3 is 12.4 Å². The molecule has 1 atom stereocenters. The minimum atomic E-state index is -3.72. The van der Waals surface area contributed by atoms with Crippen LogP contribution in [-0.2, 0) is 9.53 Å². The standard InChI is InChI=1S/C15H16F2N2O5S/c1-14(2,3)18-13(21)22-12-11(20)19(7-25-12)8-4-5-9-10(6-8)24-15(16,17)23-9/h4-6,12H,7H2,1-3H3,(H,18,21). The maximum Gasteiger partial charge on any atom is 0.586 e. The van der Waals surface area contributed by atoms with Gasteiger partial charge in [-0.2, -0.15) is 0 Å². The van der Waals surface area contributed by atoms with Crippen LogP contribution in [0.3, 0.4) is 0 Å². The van der Waals surface area contributed by atoms with Crippen LogP contribution in [0.2, 0.25) is 0 Å². The maximum atomic E-state index is 13.1. The third-order valence-electron chi connectivity index (χ3n) is 3.21. The summed E-state index contributed by atoms with van der Waals surface area (Å²) in [5, 5.41) is 2.60. The molecule has 25 heavy (non-hydrogen) atoms. The number of anilines is 1. The predicted molar refractivity (Wildman–Crippen MR) is 85.7 cm³/mol. The Labute approximate surface area is 146 Å². The summed E-state index contributed by atoms with van der Waals surface area (Å²) in [7, 11) is 0. The molecule has 1 fully saturated rings. The quantitative estimate of drug-likeness (QED) is 0.858. The third kappa shape index (κ3) is 3.89.